The monoisotopic (exact) mass is 229 g/mol. The predicted molar refractivity (Wildman–Crippen MR) is 59.5 cm³/mol. The van der Waals surface area contributed by atoms with E-state index in [4.69, 9.17) is 4.74 Å². The highest BCUT2D eigenvalue weighted by molar-refractivity contribution is 5.31. The molecule has 2 nitrogen and oxygen atoms in total. The summed E-state index contributed by atoms with van der Waals surface area (Å²) in [6.45, 7) is 6.60. The van der Waals surface area contributed by atoms with Crippen LogP contribution in [0.25, 0.3) is 0 Å². The molecule has 1 aromatic carbocycles. The second-order valence-electron chi connectivity index (χ2n) is 3.84. The van der Waals surface area contributed by atoms with Gasteiger partial charge < -0.3 is 10.1 Å². The van der Waals surface area contributed by atoms with Gasteiger partial charge in [-0.3, -0.25) is 0 Å². The van der Waals surface area contributed by atoms with Crippen LogP contribution in [0, 0.1) is 11.6 Å². The van der Waals surface area contributed by atoms with Gasteiger partial charge in [-0.25, -0.2) is 8.78 Å². The maximum atomic E-state index is 13.5. The first-order valence-corrected chi connectivity index (χ1v) is 5.39. The standard InChI is InChI=1S/C12H17F2NO/c1-4-15-7-9-5-10(13)12(11(14)6-9)16-8(2)3/h5-6,8,15H,4,7H2,1-3H3. The third-order valence-corrected chi connectivity index (χ3v) is 1.99. The van der Waals surface area contributed by atoms with Crippen molar-refractivity contribution >= 4 is 0 Å². The summed E-state index contributed by atoms with van der Waals surface area (Å²) in [6.07, 6.45) is -0.247. The zero-order valence-corrected chi connectivity index (χ0v) is 9.81. The Hall–Kier alpha value is -1.16. The maximum absolute atomic E-state index is 13.5. The molecule has 90 valence electrons. The first kappa shape index (κ1) is 12.9. The normalized spacial score (nSPS) is 10.9. The Morgan fingerprint density at radius 2 is 1.81 bits per heavy atom. The van der Waals surface area contributed by atoms with Gasteiger partial charge in [-0.1, -0.05) is 6.92 Å². The highest BCUT2D eigenvalue weighted by atomic mass is 19.1. The number of hydrogen-bond donors (Lipinski definition) is 1. The molecule has 0 radical (unpaired) electrons. The largest absolute Gasteiger partial charge is 0.485 e. The Balaban J connectivity index is 2.89. The fraction of sp³-hybridized carbons (Fsp3) is 0.500. The fourth-order valence-electron chi connectivity index (χ4n) is 1.33. The van der Waals surface area contributed by atoms with E-state index in [-0.39, 0.29) is 11.9 Å². The van der Waals surface area contributed by atoms with Crippen LogP contribution in [0.3, 0.4) is 0 Å². The zero-order chi connectivity index (χ0) is 12.1. The Morgan fingerprint density at radius 1 is 1.25 bits per heavy atom. The van der Waals surface area contributed by atoms with Crippen molar-refractivity contribution < 1.29 is 13.5 Å². The van der Waals surface area contributed by atoms with Crippen molar-refractivity contribution in [2.24, 2.45) is 0 Å². The van der Waals surface area contributed by atoms with Gasteiger partial charge in [0.15, 0.2) is 17.4 Å². The molecule has 0 fully saturated rings. The quantitative estimate of drug-likeness (QED) is 0.838. The summed E-state index contributed by atoms with van der Waals surface area (Å²) in [5.41, 5.74) is 0.577. The molecule has 1 N–H and O–H groups in total. The lowest BCUT2D eigenvalue weighted by molar-refractivity contribution is 0.219. The molecule has 16 heavy (non-hydrogen) atoms. The van der Waals surface area contributed by atoms with Crippen LogP contribution in [0.4, 0.5) is 8.78 Å². The van der Waals surface area contributed by atoms with Crippen molar-refractivity contribution in [1.29, 1.82) is 0 Å². The van der Waals surface area contributed by atoms with E-state index >= 15 is 0 Å². The minimum atomic E-state index is -0.651. The van der Waals surface area contributed by atoms with Gasteiger partial charge in [0.2, 0.25) is 0 Å². The summed E-state index contributed by atoms with van der Waals surface area (Å²) in [5, 5.41) is 3.01. The van der Waals surface area contributed by atoms with Crippen molar-refractivity contribution in [2.45, 2.75) is 33.4 Å². The van der Waals surface area contributed by atoms with Crippen LogP contribution in [0.2, 0.25) is 0 Å². The summed E-state index contributed by atoms with van der Waals surface area (Å²) < 4.78 is 32.1. The summed E-state index contributed by atoms with van der Waals surface area (Å²) in [7, 11) is 0. The molecule has 0 saturated carbocycles. The molecule has 1 rings (SSSR count). The summed E-state index contributed by atoms with van der Waals surface area (Å²) >= 11 is 0. The molecule has 0 aromatic heterocycles. The Bertz CT molecular complexity index is 330. The number of ether oxygens (including phenoxy) is 1. The first-order valence-electron chi connectivity index (χ1n) is 5.39. The van der Waals surface area contributed by atoms with E-state index in [9.17, 15) is 8.78 Å². The summed E-state index contributed by atoms with van der Waals surface area (Å²) in [6, 6.07) is 2.59. The second-order valence-corrected chi connectivity index (χ2v) is 3.84. The third kappa shape index (κ3) is 3.45. The van der Waals surface area contributed by atoms with Gasteiger partial charge in [0.25, 0.3) is 0 Å². The first-order chi connectivity index (χ1) is 7.54. The van der Waals surface area contributed by atoms with Crippen LogP contribution in [-0.4, -0.2) is 12.6 Å². The van der Waals surface area contributed by atoms with Gasteiger partial charge in [0, 0.05) is 6.54 Å². The molecule has 4 heteroatoms. The number of hydrogen-bond acceptors (Lipinski definition) is 2. The minimum Gasteiger partial charge on any atom is -0.485 e. The number of halogens is 2. The van der Waals surface area contributed by atoms with E-state index < -0.39 is 11.6 Å². The molecule has 0 aliphatic carbocycles. The van der Waals surface area contributed by atoms with Crippen molar-refractivity contribution in [1.82, 2.24) is 5.32 Å². The number of nitrogens with one attached hydrogen (secondary N) is 1. The van der Waals surface area contributed by atoms with Crippen LogP contribution in [0.15, 0.2) is 12.1 Å². The average Bonchev–Trinajstić information content (AvgIpc) is 2.20. The topological polar surface area (TPSA) is 21.3 Å². The van der Waals surface area contributed by atoms with Crippen LogP contribution in [-0.2, 0) is 6.54 Å². The fourth-order valence-corrected chi connectivity index (χ4v) is 1.33. The third-order valence-electron chi connectivity index (χ3n) is 1.99. The number of rotatable bonds is 5. The molecule has 0 aliphatic heterocycles. The highest BCUT2D eigenvalue weighted by Gasteiger charge is 2.13. The molecule has 1 aromatic rings. The van der Waals surface area contributed by atoms with Crippen LogP contribution < -0.4 is 10.1 Å². The minimum absolute atomic E-state index is 0.247. The lowest BCUT2D eigenvalue weighted by Gasteiger charge is -2.12. The van der Waals surface area contributed by atoms with E-state index in [1.807, 2.05) is 6.92 Å². The molecular weight excluding hydrogens is 212 g/mol. The zero-order valence-electron chi connectivity index (χ0n) is 9.81. The maximum Gasteiger partial charge on any atom is 0.191 e. The lowest BCUT2D eigenvalue weighted by Crippen LogP contribution is -2.13. The molecule has 0 spiro atoms. The van der Waals surface area contributed by atoms with Gasteiger partial charge in [-0.05, 0) is 38.1 Å². The van der Waals surface area contributed by atoms with Gasteiger partial charge in [-0.2, -0.15) is 0 Å². The summed E-state index contributed by atoms with van der Waals surface area (Å²) in [4.78, 5) is 0. The molecule has 0 unspecified atom stereocenters. The van der Waals surface area contributed by atoms with Gasteiger partial charge in [0.1, 0.15) is 0 Å². The van der Waals surface area contributed by atoms with Crippen LogP contribution >= 0.6 is 0 Å². The van der Waals surface area contributed by atoms with E-state index in [1.54, 1.807) is 13.8 Å². The second kappa shape index (κ2) is 5.80. The van der Waals surface area contributed by atoms with E-state index in [0.717, 1.165) is 6.54 Å². The SMILES string of the molecule is CCNCc1cc(F)c(OC(C)C)c(F)c1. The van der Waals surface area contributed by atoms with Gasteiger partial charge in [-0.15, -0.1) is 0 Å². The predicted octanol–water partition coefficient (Wildman–Crippen LogP) is 2.86. The van der Waals surface area contributed by atoms with Crippen molar-refractivity contribution in [3.8, 4) is 5.75 Å². The molecule has 0 saturated heterocycles. The Morgan fingerprint density at radius 3 is 2.25 bits per heavy atom. The van der Waals surface area contributed by atoms with Crippen LogP contribution in [0.1, 0.15) is 26.3 Å². The van der Waals surface area contributed by atoms with Crippen molar-refractivity contribution in [2.75, 3.05) is 6.54 Å². The smallest absolute Gasteiger partial charge is 0.191 e. The van der Waals surface area contributed by atoms with Gasteiger partial charge in [0.05, 0.1) is 6.10 Å². The molecular formula is C12H17F2NO. The average molecular weight is 229 g/mol. The van der Waals surface area contributed by atoms with E-state index in [0.29, 0.717) is 12.1 Å². The van der Waals surface area contributed by atoms with Crippen LogP contribution in [0.5, 0.6) is 5.75 Å². The Labute approximate surface area is 94.6 Å². The van der Waals surface area contributed by atoms with E-state index in [2.05, 4.69) is 5.32 Å². The summed E-state index contributed by atoms with van der Waals surface area (Å²) in [5.74, 6) is -1.60. The van der Waals surface area contributed by atoms with Gasteiger partial charge >= 0.3 is 0 Å². The molecule has 0 amide bonds. The Kier molecular flexibility index (Phi) is 4.68. The van der Waals surface area contributed by atoms with Crippen molar-refractivity contribution in [3.05, 3.63) is 29.3 Å². The molecule has 0 bridgehead atoms. The van der Waals surface area contributed by atoms with Crippen molar-refractivity contribution in [3.63, 3.8) is 0 Å². The number of benzene rings is 1. The molecule has 0 aliphatic rings. The van der Waals surface area contributed by atoms with E-state index in [1.165, 1.54) is 12.1 Å². The molecule has 0 atom stereocenters. The highest BCUT2D eigenvalue weighted by Crippen LogP contribution is 2.24. The lowest BCUT2D eigenvalue weighted by atomic mass is 10.2. The molecule has 0 heterocycles.